The van der Waals surface area contributed by atoms with Gasteiger partial charge < -0.3 is 9.15 Å². The molecule has 0 spiro atoms. The summed E-state index contributed by atoms with van der Waals surface area (Å²) in [6.45, 7) is 5.03. The largest absolute Gasteiger partial charge is 0.459 e. The lowest BCUT2D eigenvalue weighted by Crippen LogP contribution is -2.45. The number of ether oxygens (including phenoxy) is 1. The second-order valence-corrected chi connectivity index (χ2v) is 4.13. The van der Waals surface area contributed by atoms with Gasteiger partial charge in [0.15, 0.2) is 5.76 Å². The molecule has 2 N–H and O–H groups in total. The van der Waals surface area contributed by atoms with E-state index in [1.165, 1.54) is 18.4 Å². The molecule has 2 amide bonds. The molecular weight excluding hydrogens is 212 g/mol. The molecule has 0 aliphatic rings. The zero-order valence-electron chi connectivity index (χ0n) is 9.39. The highest BCUT2D eigenvalue weighted by atomic mass is 16.6. The molecule has 0 aromatic carbocycles. The molecule has 0 saturated heterocycles. The van der Waals surface area contributed by atoms with E-state index in [9.17, 15) is 9.59 Å². The fourth-order valence-electron chi connectivity index (χ4n) is 0.913. The first-order valence-corrected chi connectivity index (χ1v) is 4.67. The summed E-state index contributed by atoms with van der Waals surface area (Å²) in [5.74, 6) is 4.54. The molecule has 0 fully saturated rings. The minimum atomic E-state index is -0.922. The first-order valence-electron chi connectivity index (χ1n) is 4.67. The highest BCUT2D eigenvalue weighted by Gasteiger charge is 2.26. The number of carbonyl (C=O) groups excluding carboxylic acids is 2. The molecule has 0 unspecified atom stereocenters. The van der Waals surface area contributed by atoms with E-state index in [0.29, 0.717) is 5.01 Å². The van der Waals surface area contributed by atoms with Gasteiger partial charge in [0.2, 0.25) is 0 Å². The first-order chi connectivity index (χ1) is 7.31. The fourth-order valence-corrected chi connectivity index (χ4v) is 0.913. The van der Waals surface area contributed by atoms with Crippen LogP contribution in [0.25, 0.3) is 0 Å². The average Bonchev–Trinajstić information content (AvgIpc) is 2.65. The van der Waals surface area contributed by atoms with Crippen LogP contribution in [0.2, 0.25) is 0 Å². The predicted molar refractivity (Wildman–Crippen MR) is 55.3 cm³/mol. The average molecular weight is 226 g/mol. The van der Waals surface area contributed by atoms with Gasteiger partial charge in [0.25, 0.3) is 0 Å². The van der Waals surface area contributed by atoms with E-state index >= 15 is 0 Å². The number of amides is 2. The standard InChI is InChI=1S/C10H14N2O4/c1-10(2,3)16-9(14)12(11)8(13)7-5-4-6-15-7/h4-6H,11H2,1-3H3. The molecule has 1 rings (SSSR count). The number of carbonyl (C=O) groups is 2. The Bertz CT molecular complexity index is 378. The maximum atomic E-state index is 11.5. The molecule has 16 heavy (non-hydrogen) atoms. The quantitative estimate of drug-likeness (QED) is 0.446. The Labute approximate surface area is 92.9 Å². The Morgan fingerprint density at radius 1 is 1.44 bits per heavy atom. The Hall–Kier alpha value is -1.82. The van der Waals surface area contributed by atoms with Gasteiger partial charge in [0.05, 0.1) is 6.26 Å². The Morgan fingerprint density at radius 2 is 2.06 bits per heavy atom. The topological polar surface area (TPSA) is 85.8 Å². The summed E-state index contributed by atoms with van der Waals surface area (Å²) >= 11 is 0. The summed E-state index contributed by atoms with van der Waals surface area (Å²) in [5, 5.41) is 0.379. The maximum absolute atomic E-state index is 11.5. The number of nitrogens with zero attached hydrogens (tertiary/aromatic N) is 1. The van der Waals surface area contributed by atoms with Gasteiger partial charge in [-0.05, 0) is 32.9 Å². The third kappa shape index (κ3) is 3.09. The van der Waals surface area contributed by atoms with Crippen molar-refractivity contribution in [2.45, 2.75) is 26.4 Å². The SMILES string of the molecule is CC(C)(C)OC(=O)N(N)C(=O)c1ccco1. The first kappa shape index (κ1) is 12.3. The maximum Gasteiger partial charge on any atom is 0.432 e. The summed E-state index contributed by atoms with van der Waals surface area (Å²) in [7, 11) is 0. The second-order valence-electron chi connectivity index (χ2n) is 4.13. The monoisotopic (exact) mass is 226 g/mol. The third-order valence-electron chi connectivity index (χ3n) is 1.54. The number of furan rings is 1. The third-order valence-corrected chi connectivity index (χ3v) is 1.54. The van der Waals surface area contributed by atoms with Gasteiger partial charge >= 0.3 is 12.0 Å². The molecule has 0 bridgehead atoms. The van der Waals surface area contributed by atoms with Crippen LogP contribution in [0.3, 0.4) is 0 Å². The van der Waals surface area contributed by atoms with Gasteiger partial charge in [-0.2, -0.15) is 5.01 Å². The van der Waals surface area contributed by atoms with E-state index in [-0.39, 0.29) is 5.76 Å². The molecule has 1 heterocycles. The van der Waals surface area contributed by atoms with Gasteiger partial charge in [0.1, 0.15) is 5.60 Å². The molecule has 0 atom stereocenters. The van der Waals surface area contributed by atoms with Crippen LogP contribution in [0, 0.1) is 0 Å². The number of hydrazine groups is 1. The van der Waals surface area contributed by atoms with Gasteiger partial charge in [-0.3, -0.25) is 4.79 Å². The Kier molecular flexibility index (Phi) is 3.34. The van der Waals surface area contributed by atoms with Crippen molar-refractivity contribution < 1.29 is 18.7 Å². The van der Waals surface area contributed by atoms with E-state index in [4.69, 9.17) is 15.0 Å². The van der Waals surface area contributed by atoms with Crippen LogP contribution in [0.4, 0.5) is 4.79 Å². The summed E-state index contributed by atoms with van der Waals surface area (Å²) in [6.07, 6.45) is 0.393. The van der Waals surface area contributed by atoms with Gasteiger partial charge in [0, 0.05) is 0 Å². The van der Waals surface area contributed by atoms with Crippen LogP contribution in [-0.4, -0.2) is 22.6 Å². The number of hydrogen-bond donors (Lipinski definition) is 1. The molecule has 0 aliphatic carbocycles. The fraction of sp³-hybridized carbons (Fsp3) is 0.400. The molecule has 0 radical (unpaired) electrons. The van der Waals surface area contributed by atoms with Gasteiger partial charge in [-0.1, -0.05) is 0 Å². The van der Waals surface area contributed by atoms with E-state index in [2.05, 4.69) is 0 Å². The van der Waals surface area contributed by atoms with Crippen molar-refractivity contribution >= 4 is 12.0 Å². The van der Waals surface area contributed by atoms with Crippen LogP contribution < -0.4 is 5.84 Å². The number of nitrogens with two attached hydrogens (primary N) is 1. The predicted octanol–water partition coefficient (Wildman–Crippen LogP) is 1.53. The van der Waals surface area contributed by atoms with Crippen LogP contribution in [0.15, 0.2) is 22.8 Å². The van der Waals surface area contributed by atoms with Crippen molar-refractivity contribution in [3.63, 3.8) is 0 Å². The van der Waals surface area contributed by atoms with E-state index in [1.54, 1.807) is 20.8 Å². The normalized spacial score (nSPS) is 11.0. The van der Waals surface area contributed by atoms with Gasteiger partial charge in [-0.15, -0.1) is 0 Å². The molecule has 1 aromatic rings. The minimum Gasteiger partial charge on any atom is -0.459 e. The van der Waals surface area contributed by atoms with Crippen molar-refractivity contribution in [3.05, 3.63) is 24.2 Å². The van der Waals surface area contributed by atoms with Crippen LogP contribution >= 0.6 is 0 Å². The Morgan fingerprint density at radius 3 is 2.50 bits per heavy atom. The summed E-state index contributed by atoms with van der Waals surface area (Å²) < 4.78 is 9.74. The molecule has 1 aromatic heterocycles. The Balaban J connectivity index is 2.68. The van der Waals surface area contributed by atoms with E-state index in [1.807, 2.05) is 0 Å². The molecular formula is C10H14N2O4. The van der Waals surface area contributed by atoms with Crippen molar-refractivity contribution in [1.82, 2.24) is 5.01 Å². The van der Waals surface area contributed by atoms with E-state index in [0.717, 1.165) is 0 Å². The molecule has 0 aliphatic heterocycles. The van der Waals surface area contributed by atoms with Crippen LogP contribution in [0.5, 0.6) is 0 Å². The minimum absolute atomic E-state index is 0.0200. The van der Waals surface area contributed by atoms with Crippen LogP contribution in [0.1, 0.15) is 31.3 Å². The van der Waals surface area contributed by atoms with Crippen molar-refractivity contribution in [1.29, 1.82) is 0 Å². The number of hydrogen-bond acceptors (Lipinski definition) is 5. The summed E-state index contributed by atoms with van der Waals surface area (Å²) in [6, 6.07) is 2.93. The molecule has 0 saturated carbocycles. The van der Waals surface area contributed by atoms with Crippen molar-refractivity contribution in [2.24, 2.45) is 5.84 Å². The van der Waals surface area contributed by atoms with Crippen LogP contribution in [-0.2, 0) is 4.74 Å². The molecule has 88 valence electrons. The molecule has 6 heteroatoms. The highest BCUT2D eigenvalue weighted by molar-refractivity contribution is 6.00. The van der Waals surface area contributed by atoms with E-state index < -0.39 is 17.6 Å². The summed E-state index contributed by atoms with van der Waals surface area (Å²) in [5.41, 5.74) is -0.710. The summed E-state index contributed by atoms with van der Waals surface area (Å²) in [4.78, 5) is 23.0. The lowest BCUT2D eigenvalue weighted by atomic mass is 10.2. The van der Waals surface area contributed by atoms with Crippen molar-refractivity contribution in [2.75, 3.05) is 0 Å². The zero-order chi connectivity index (χ0) is 12.3. The second kappa shape index (κ2) is 4.36. The zero-order valence-corrected chi connectivity index (χ0v) is 9.39. The van der Waals surface area contributed by atoms with Crippen molar-refractivity contribution in [3.8, 4) is 0 Å². The smallest absolute Gasteiger partial charge is 0.432 e. The van der Waals surface area contributed by atoms with Gasteiger partial charge in [-0.25, -0.2) is 10.6 Å². The highest BCUT2D eigenvalue weighted by Crippen LogP contribution is 2.10. The number of rotatable bonds is 1. The number of imide groups is 1. The lowest BCUT2D eigenvalue weighted by Gasteiger charge is -2.22. The molecule has 6 nitrogen and oxygen atoms in total. The lowest BCUT2D eigenvalue weighted by molar-refractivity contribution is 0.0229.